The van der Waals surface area contributed by atoms with Gasteiger partial charge in [-0.1, -0.05) is 13.8 Å². The van der Waals surface area contributed by atoms with Crippen LogP contribution in [0.1, 0.15) is 43.7 Å². The molecule has 1 aliphatic heterocycles. The average molecular weight is 348 g/mol. The van der Waals surface area contributed by atoms with E-state index in [2.05, 4.69) is 13.8 Å². The lowest BCUT2D eigenvalue weighted by Crippen LogP contribution is -2.33. The Kier molecular flexibility index (Phi) is 6.22. The molecule has 0 unspecified atom stereocenters. The minimum atomic E-state index is -3.06. The zero-order valence-electron chi connectivity index (χ0n) is 13.7. The summed E-state index contributed by atoms with van der Waals surface area (Å²) in [5.74, 6) is 0. The highest BCUT2D eigenvalue weighted by Gasteiger charge is 2.31. The van der Waals surface area contributed by atoms with E-state index in [0.717, 1.165) is 9.75 Å². The van der Waals surface area contributed by atoms with E-state index in [4.69, 9.17) is 18.5 Å². The van der Waals surface area contributed by atoms with Crippen LogP contribution in [0.4, 0.5) is 0 Å². The molecule has 126 valence electrons. The van der Waals surface area contributed by atoms with Gasteiger partial charge in [-0.05, 0) is 26.0 Å². The van der Waals surface area contributed by atoms with Gasteiger partial charge in [0.25, 0.3) is 0 Å². The topological polar surface area (TPSA) is 54.0 Å². The van der Waals surface area contributed by atoms with E-state index in [1.165, 1.54) is 11.3 Å². The number of rotatable bonds is 7. The molecule has 5 nitrogen and oxygen atoms in total. The molecule has 2 heterocycles. The molecule has 0 spiro atoms. The maximum absolute atomic E-state index is 12.6. The molecule has 0 radical (unpaired) electrons. The highest BCUT2D eigenvalue weighted by Crippen LogP contribution is 2.52. The molecule has 22 heavy (non-hydrogen) atoms. The van der Waals surface area contributed by atoms with Crippen molar-refractivity contribution in [2.24, 2.45) is 5.41 Å². The summed E-state index contributed by atoms with van der Waals surface area (Å²) in [5, 5.41) is 0. The molecule has 1 aromatic heterocycles. The zero-order chi connectivity index (χ0) is 16.2. The predicted molar refractivity (Wildman–Crippen MR) is 87.3 cm³/mol. The van der Waals surface area contributed by atoms with E-state index in [1.54, 1.807) is 0 Å². The fourth-order valence-electron chi connectivity index (χ4n) is 2.18. The second-order valence-electron chi connectivity index (χ2n) is 6.03. The van der Waals surface area contributed by atoms with Gasteiger partial charge in [-0.15, -0.1) is 11.3 Å². The van der Waals surface area contributed by atoms with Crippen molar-refractivity contribution in [3.05, 3.63) is 21.9 Å². The Hall–Kier alpha value is -0.230. The normalized spacial score (nSPS) is 19.5. The summed E-state index contributed by atoms with van der Waals surface area (Å²) in [6.07, 6.45) is -0.0391. The molecule has 0 bridgehead atoms. The highest BCUT2D eigenvalue weighted by molar-refractivity contribution is 7.53. The molecule has 1 saturated heterocycles. The Balaban J connectivity index is 2.00. The van der Waals surface area contributed by atoms with Gasteiger partial charge in [-0.2, -0.15) is 0 Å². The first kappa shape index (κ1) is 18.1. The Bertz CT molecular complexity index is 508. The van der Waals surface area contributed by atoms with Gasteiger partial charge in [0.2, 0.25) is 0 Å². The van der Waals surface area contributed by atoms with E-state index in [1.807, 2.05) is 26.0 Å². The second kappa shape index (κ2) is 7.56. The summed E-state index contributed by atoms with van der Waals surface area (Å²) < 4.78 is 34.8. The summed E-state index contributed by atoms with van der Waals surface area (Å²) in [7, 11) is -3.06. The van der Waals surface area contributed by atoms with Crippen LogP contribution in [0.25, 0.3) is 0 Å². The third-order valence-electron chi connectivity index (χ3n) is 3.17. The lowest BCUT2D eigenvalue weighted by Gasteiger charge is -2.34. The Morgan fingerprint density at radius 1 is 1.23 bits per heavy atom. The fourth-order valence-corrected chi connectivity index (χ4v) is 5.25. The van der Waals surface area contributed by atoms with Gasteiger partial charge in [-0.25, -0.2) is 0 Å². The van der Waals surface area contributed by atoms with Crippen molar-refractivity contribution >= 4 is 18.9 Å². The molecule has 1 aromatic rings. The molecule has 0 saturated carbocycles. The van der Waals surface area contributed by atoms with Gasteiger partial charge >= 0.3 is 7.60 Å². The van der Waals surface area contributed by atoms with Crippen LogP contribution in [-0.2, 0) is 29.2 Å². The maximum atomic E-state index is 12.6. The maximum Gasteiger partial charge on any atom is 0.335 e. The Morgan fingerprint density at radius 3 is 2.36 bits per heavy atom. The van der Waals surface area contributed by atoms with Crippen LogP contribution >= 0.6 is 18.9 Å². The van der Waals surface area contributed by atoms with Gasteiger partial charge in [0.15, 0.2) is 6.29 Å². The van der Waals surface area contributed by atoms with Gasteiger partial charge in [0.1, 0.15) is 0 Å². The lowest BCUT2D eigenvalue weighted by atomic mass is 9.96. The summed E-state index contributed by atoms with van der Waals surface area (Å²) in [6.45, 7) is 9.95. The van der Waals surface area contributed by atoms with Gasteiger partial charge in [0.05, 0.1) is 37.5 Å². The van der Waals surface area contributed by atoms with Crippen molar-refractivity contribution in [1.82, 2.24) is 0 Å². The van der Waals surface area contributed by atoms with Crippen LogP contribution in [0.5, 0.6) is 0 Å². The van der Waals surface area contributed by atoms with Gasteiger partial charge < -0.3 is 18.5 Å². The van der Waals surface area contributed by atoms with Crippen molar-refractivity contribution in [1.29, 1.82) is 0 Å². The number of hydrogen-bond acceptors (Lipinski definition) is 6. The summed E-state index contributed by atoms with van der Waals surface area (Å²) in [6, 6.07) is 3.91. The van der Waals surface area contributed by atoms with E-state index < -0.39 is 7.60 Å². The van der Waals surface area contributed by atoms with E-state index in [9.17, 15) is 4.57 Å². The molecular weight excluding hydrogens is 323 g/mol. The molecule has 7 heteroatoms. The molecular formula is C15H25O5PS. The zero-order valence-corrected chi connectivity index (χ0v) is 15.4. The number of hydrogen-bond donors (Lipinski definition) is 0. The summed E-state index contributed by atoms with van der Waals surface area (Å²) >= 11 is 1.54. The SMILES string of the molecule is CCOP(=O)(Cc1ccc(C2OCC(C)(C)CO2)s1)OCC. The first-order chi connectivity index (χ1) is 10.4. The third-order valence-corrected chi connectivity index (χ3v) is 6.52. The molecule has 0 N–H and O–H groups in total. The quantitative estimate of drug-likeness (QED) is 0.675. The van der Waals surface area contributed by atoms with E-state index in [-0.39, 0.29) is 17.9 Å². The van der Waals surface area contributed by atoms with Crippen LogP contribution in [-0.4, -0.2) is 26.4 Å². The first-order valence-electron chi connectivity index (χ1n) is 7.57. The molecule has 0 atom stereocenters. The van der Waals surface area contributed by atoms with E-state index >= 15 is 0 Å². The van der Waals surface area contributed by atoms with Gasteiger partial charge in [0, 0.05) is 10.3 Å². The van der Waals surface area contributed by atoms with Crippen molar-refractivity contribution in [3.8, 4) is 0 Å². The van der Waals surface area contributed by atoms with Crippen molar-refractivity contribution in [2.45, 2.75) is 40.1 Å². The number of ether oxygens (including phenoxy) is 2. The molecule has 1 fully saturated rings. The van der Waals surface area contributed by atoms with Crippen molar-refractivity contribution < 1.29 is 23.1 Å². The summed E-state index contributed by atoms with van der Waals surface area (Å²) in [4.78, 5) is 1.95. The second-order valence-corrected chi connectivity index (χ2v) is 9.28. The molecule has 2 rings (SSSR count). The fraction of sp³-hybridized carbons (Fsp3) is 0.733. The first-order valence-corrected chi connectivity index (χ1v) is 10.1. The van der Waals surface area contributed by atoms with Crippen LogP contribution < -0.4 is 0 Å². The van der Waals surface area contributed by atoms with Gasteiger partial charge in [-0.3, -0.25) is 4.57 Å². The Morgan fingerprint density at radius 2 is 1.82 bits per heavy atom. The van der Waals surface area contributed by atoms with Crippen LogP contribution in [0.2, 0.25) is 0 Å². The molecule has 0 aromatic carbocycles. The van der Waals surface area contributed by atoms with Crippen molar-refractivity contribution in [2.75, 3.05) is 26.4 Å². The summed E-state index contributed by atoms with van der Waals surface area (Å²) in [5.41, 5.74) is 0.0518. The largest absolute Gasteiger partial charge is 0.347 e. The van der Waals surface area contributed by atoms with E-state index in [0.29, 0.717) is 26.4 Å². The lowest BCUT2D eigenvalue weighted by molar-refractivity contribution is -0.224. The standard InChI is InChI=1S/C15H25O5PS/c1-5-19-21(16,20-6-2)9-12-7-8-13(22-12)14-17-10-15(3,4)11-18-14/h7-8,14H,5-6,9-11H2,1-4H3. The average Bonchev–Trinajstić information content (AvgIpc) is 2.87. The van der Waals surface area contributed by atoms with Crippen LogP contribution in [0.3, 0.4) is 0 Å². The number of thiophene rings is 1. The Labute approximate surface area is 136 Å². The van der Waals surface area contributed by atoms with Crippen molar-refractivity contribution in [3.63, 3.8) is 0 Å². The highest BCUT2D eigenvalue weighted by atomic mass is 32.1. The van der Waals surface area contributed by atoms with Crippen LogP contribution in [0, 0.1) is 5.41 Å². The minimum Gasteiger partial charge on any atom is -0.347 e. The minimum absolute atomic E-state index is 0.0518. The molecule has 1 aliphatic rings. The monoisotopic (exact) mass is 348 g/mol. The van der Waals surface area contributed by atoms with Crippen LogP contribution in [0.15, 0.2) is 12.1 Å². The molecule has 0 aliphatic carbocycles. The third kappa shape index (κ3) is 4.88. The predicted octanol–water partition coefficient (Wildman–Crippen LogP) is 4.59. The smallest absolute Gasteiger partial charge is 0.335 e. The molecule has 0 amide bonds.